The molecule has 1 amide bonds. The smallest absolute Gasteiger partial charge is 0.356 e. The molecule has 0 aliphatic carbocycles. The van der Waals surface area contributed by atoms with Crippen LogP contribution in [0.5, 0.6) is 0 Å². The van der Waals surface area contributed by atoms with Gasteiger partial charge >= 0.3 is 5.97 Å². The van der Waals surface area contributed by atoms with Gasteiger partial charge in [-0.25, -0.2) is 9.78 Å². The number of para-hydroxylation sites is 1. The van der Waals surface area contributed by atoms with Gasteiger partial charge in [-0.05, 0) is 18.6 Å². The number of aromatic amines is 1. The number of fused-ring (bicyclic) bond motifs is 3. The summed E-state index contributed by atoms with van der Waals surface area (Å²) in [5, 5.41) is 2.01. The van der Waals surface area contributed by atoms with Gasteiger partial charge in [-0.15, -0.1) is 0 Å². The Balaban J connectivity index is 1.92. The standard InChI is InChI=1S/C19H19N3O3/c1-11(23)22-8-7-12(10-22)17-18-14(9-16(21-17)19(24)25-2)13-5-3-4-6-15(13)20-18/h3-6,9,12,20H,7-8,10H2,1-2H3. The predicted octanol–water partition coefficient (Wildman–Crippen LogP) is 2.84. The molecular formula is C19H19N3O3. The summed E-state index contributed by atoms with van der Waals surface area (Å²) in [6, 6.07) is 9.75. The molecule has 1 N–H and O–H groups in total. The van der Waals surface area contributed by atoms with Crippen LogP contribution >= 0.6 is 0 Å². The van der Waals surface area contributed by atoms with Crippen LogP contribution in [0.25, 0.3) is 21.8 Å². The van der Waals surface area contributed by atoms with Crippen LogP contribution in [0, 0.1) is 0 Å². The maximum Gasteiger partial charge on any atom is 0.356 e. The van der Waals surface area contributed by atoms with Crippen molar-refractivity contribution in [1.29, 1.82) is 0 Å². The molecule has 1 atom stereocenters. The molecule has 128 valence electrons. The predicted molar refractivity (Wildman–Crippen MR) is 94.6 cm³/mol. The van der Waals surface area contributed by atoms with E-state index >= 15 is 0 Å². The molecule has 0 radical (unpaired) electrons. The molecule has 6 heteroatoms. The summed E-state index contributed by atoms with van der Waals surface area (Å²) in [6.45, 7) is 2.92. The fourth-order valence-electron chi connectivity index (χ4n) is 3.64. The van der Waals surface area contributed by atoms with Gasteiger partial charge in [0.2, 0.25) is 5.91 Å². The second kappa shape index (κ2) is 5.88. The van der Waals surface area contributed by atoms with Crippen molar-refractivity contribution >= 4 is 33.7 Å². The Morgan fingerprint density at radius 2 is 2.08 bits per heavy atom. The van der Waals surface area contributed by atoms with Crippen molar-refractivity contribution < 1.29 is 14.3 Å². The first-order valence-corrected chi connectivity index (χ1v) is 8.33. The number of pyridine rings is 1. The number of nitrogens with zero attached hydrogens (tertiary/aromatic N) is 2. The molecule has 1 fully saturated rings. The number of rotatable bonds is 2. The number of esters is 1. The quantitative estimate of drug-likeness (QED) is 0.730. The molecule has 0 saturated carbocycles. The summed E-state index contributed by atoms with van der Waals surface area (Å²) in [6.07, 6.45) is 0.835. The maximum absolute atomic E-state index is 12.1. The van der Waals surface area contributed by atoms with E-state index in [9.17, 15) is 9.59 Å². The van der Waals surface area contributed by atoms with Gasteiger partial charge in [0.25, 0.3) is 0 Å². The van der Waals surface area contributed by atoms with Crippen LogP contribution in [0.3, 0.4) is 0 Å². The Morgan fingerprint density at radius 1 is 1.28 bits per heavy atom. The molecule has 0 spiro atoms. The molecule has 25 heavy (non-hydrogen) atoms. The number of amides is 1. The van der Waals surface area contributed by atoms with E-state index in [2.05, 4.69) is 9.97 Å². The van der Waals surface area contributed by atoms with Gasteiger partial charge in [0.15, 0.2) is 0 Å². The third kappa shape index (κ3) is 2.54. The number of aromatic nitrogens is 2. The van der Waals surface area contributed by atoms with E-state index < -0.39 is 5.97 Å². The first-order chi connectivity index (χ1) is 12.1. The minimum atomic E-state index is -0.449. The summed E-state index contributed by atoms with van der Waals surface area (Å²) in [4.78, 5) is 33.6. The van der Waals surface area contributed by atoms with Gasteiger partial charge < -0.3 is 14.6 Å². The number of carbonyl (C=O) groups excluding carboxylic acids is 2. The van der Waals surface area contributed by atoms with E-state index in [1.54, 1.807) is 13.0 Å². The number of ether oxygens (including phenoxy) is 1. The van der Waals surface area contributed by atoms with Gasteiger partial charge in [0.1, 0.15) is 5.69 Å². The summed E-state index contributed by atoms with van der Waals surface area (Å²) in [7, 11) is 1.36. The van der Waals surface area contributed by atoms with Gasteiger partial charge in [-0.1, -0.05) is 18.2 Å². The molecule has 1 unspecified atom stereocenters. The number of benzene rings is 1. The van der Waals surface area contributed by atoms with Gasteiger partial charge in [0, 0.05) is 42.2 Å². The van der Waals surface area contributed by atoms with Crippen LogP contribution in [0.1, 0.15) is 35.4 Å². The number of hydrogen-bond donors (Lipinski definition) is 1. The second-order valence-corrected chi connectivity index (χ2v) is 6.43. The molecule has 6 nitrogen and oxygen atoms in total. The fourth-order valence-corrected chi connectivity index (χ4v) is 3.64. The normalized spacial score (nSPS) is 17.4. The Bertz CT molecular complexity index is 992. The second-order valence-electron chi connectivity index (χ2n) is 6.43. The van der Waals surface area contributed by atoms with Crippen molar-refractivity contribution in [3.8, 4) is 0 Å². The van der Waals surface area contributed by atoms with Crippen molar-refractivity contribution in [3.05, 3.63) is 41.7 Å². The topological polar surface area (TPSA) is 75.3 Å². The van der Waals surface area contributed by atoms with Crippen molar-refractivity contribution in [3.63, 3.8) is 0 Å². The Kier molecular flexibility index (Phi) is 3.67. The van der Waals surface area contributed by atoms with Crippen LogP contribution in [0.15, 0.2) is 30.3 Å². The molecule has 3 aromatic rings. The van der Waals surface area contributed by atoms with E-state index in [0.717, 1.165) is 33.9 Å². The third-order valence-electron chi connectivity index (χ3n) is 4.94. The molecule has 1 aliphatic rings. The van der Waals surface area contributed by atoms with Gasteiger partial charge in [-0.2, -0.15) is 0 Å². The zero-order valence-electron chi connectivity index (χ0n) is 14.2. The van der Waals surface area contributed by atoms with Gasteiger partial charge in [0.05, 0.1) is 18.3 Å². The number of hydrogen-bond acceptors (Lipinski definition) is 4. The molecule has 4 rings (SSSR count). The average molecular weight is 337 g/mol. The summed E-state index contributed by atoms with van der Waals surface area (Å²) in [5.74, 6) is -0.279. The van der Waals surface area contributed by atoms with Crippen LogP contribution in [-0.2, 0) is 9.53 Å². The highest BCUT2D eigenvalue weighted by atomic mass is 16.5. The van der Waals surface area contributed by atoms with E-state index in [1.165, 1.54) is 7.11 Å². The lowest BCUT2D eigenvalue weighted by molar-refractivity contribution is -0.127. The molecular weight excluding hydrogens is 318 g/mol. The highest BCUT2D eigenvalue weighted by molar-refractivity contribution is 6.09. The van der Waals surface area contributed by atoms with Gasteiger partial charge in [-0.3, -0.25) is 4.79 Å². The zero-order chi connectivity index (χ0) is 17.6. The van der Waals surface area contributed by atoms with Crippen LogP contribution < -0.4 is 0 Å². The highest BCUT2D eigenvalue weighted by Crippen LogP contribution is 2.34. The van der Waals surface area contributed by atoms with E-state index in [-0.39, 0.29) is 11.8 Å². The first kappa shape index (κ1) is 15.6. The van der Waals surface area contributed by atoms with Crippen LogP contribution in [0.2, 0.25) is 0 Å². The monoisotopic (exact) mass is 337 g/mol. The zero-order valence-corrected chi connectivity index (χ0v) is 14.2. The summed E-state index contributed by atoms with van der Waals surface area (Å²) in [5.41, 5.74) is 3.07. The largest absolute Gasteiger partial charge is 0.464 e. The van der Waals surface area contributed by atoms with Crippen molar-refractivity contribution in [2.24, 2.45) is 0 Å². The molecule has 3 heterocycles. The van der Waals surface area contributed by atoms with Crippen molar-refractivity contribution in [2.75, 3.05) is 20.2 Å². The summed E-state index contributed by atoms with van der Waals surface area (Å²) >= 11 is 0. The Labute approximate surface area is 144 Å². The number of likely N-dealkylation sites (tertiary alicyclic amines) is 1. The molecule has 1 aromatic carbocycles. The summed E-state index contributed by atoms with van der Waals surface area (Å²) < 4.78 is 4.87. The minimum Gasteiger partial charge on any atom is -0.464 e. The molecule has 1 aliphatic heterocycles. The van der Waals surface area contributed by atoms with Crippen LogP contribution in [-0.4, -0.2) is 46.9 Å². The van der Waals surface area contributed by atoms with E-state index in [1.807, 2.05) is 29.2 Å². The average Bonchev–Trinajstić information content (AvgIpc) is 3.25. The fraction of sp³-hybridized carbons (Fsp3) is 0.316. The van der Waals surface area contributed by atoms with Crippen LogP contribution in [0.4, 0.5) is 0 Å². The van der Waals surface area contributed by atoms with E-state index in [4.69, 9.17) is 4.74 Å². The number of H-pyrrole nitrogens is 1. The molecule has 2 aromatic heterocycles. The Hall–Kier alpha value is -2.89. The lowest BCUT2D eigenvalue weighted by Crippen LogP contribution is -2.25. The van der Waals surface area contributed by atoms with E-state index in [0.29, 0.717) is 18.8 Å². The molecule has 0 bridgehead atoms. The van der Waals surface area contributed by atoms with Crippen molar-refractivity contribution in [2.45, 2.75) is 19.3 Å². The minimum absolute atomic E-state index is 0.0690. The third-order valence-corrected chi connectivity index (χ3v) is 4.94. The highest BCUT2D eigenvalue weighted by Gasteiger charge is 2.29. The SMILES string of the molecule is COC(=O)c1cc2c([nH]c3ccccc32)c(C2CCN(C(C)=O)C2)n1. The first-order valence-electron chi connectivity index (χ1n) is 8.33. The lowest BCUT2D eigenvalue weighted by atomic mass is 10.0. The number of methoxy groups -OCH3 is 1. The number of carbonyl (C=O) groups is 2. The Morgan fingerprint density at radius 3 is 2.80 bits per heavy atom. The number of nitrogens with one attached hydrogen (secondary N) is 1. The maximum atomic E-state index is 12.1. The lowest BCUT2D eigenvalue weighted by Gasteiger charge is -2.15. The van der Waals surface area contributed by atoms with Crippen molar-refractivity contribution in [1.82, 2.24) is 14.9 Å². The molecule has 1 saturated heterocycles.